The van der Waals surface area contributed by atoms with E-state index >= 15 is 0 Å². The molecule has 5 heteroatoms. The first-order valence-corrected chi connectivity index (χ1v) is 4.97. The number of rotatable bonds is 2. The van der Waals surface area contributed by atoms with E-state index in [2.05, 4.69) is 0 Å². The van der Waals surface area contributed by atoms with E-state index in [4.69, 9.17) is 9.84 Å². The first-order chi connectivity index (χ1) is 7.70. The lowest BCUT2D eigenvalue weighted by molar-refractivity contribution is 0.00658. The van der Waals surface area contributed by atoms with Crippen LogP contribution in [0.1, 0.15) is 41.5 Å². The third kappa shape index (κ3) is 3.55. The summed E-state index contributed by atoms with van der Waals surface area (Å²) in [6, 6.07) is 2.92. The Bertz CT molecular complexity index is 460. The van der Waals surface area contributed by atoms with Crippen LogP contribution >= 0.6 is 0 Å². The first-order valence-electron chi connectivity index (χ1n) is 4.97. The Morgan fingerprint density at radius 1 is 1.24 bits per heavy atom. The number of halogens is 1. The van der Waals surface area contributed by atoms with Crippen molar-refractivity contribution < 1.29 is 23.8 Å². The number of carbonyl (C=O) groups excluding carboxylic acids is 1. The second-order valence-corrected chi connectivity index (χ2v) is 4.50. The molecule has 1 aromatic rings. The van der Waals surface area contributed by atoms with Crippen LogP contribution in [0.2, 0.25) is 0 Å². The summed E-state index contributed by atoms with van der Waals surface area (Å²) in [5.41, 5.74) is -1.30. The van der Waals surface area contributed by atoms with Gasteiger partial charge in [-0.25, -0.2) is 14.0 Å². The Kier molecular flexibility index (Phi) is 3.50. The number of esters is 1. The summed E-state index contributed by atoms with van der Waals surface area (Å²) in [5.74, 6) is -2.87. The molecule has 4 nitrogen and oxygen atoms in total. The van der Waals surface area contributed by atoms with Crippen molar-refractivity contribution >= 4 is 11.9 Å². The molecule has 0 aromatic heterocycles. The molecule has 0 aliphatic heterocycles. The summed E-state index contributed by atoms with van der Waals surface area (Å²) < 4.78 is 17.9. The molecular formula is C12H13FO4. The smallest absolute Gasteiger partial charge is 0.339 e. The number of carboxylic acids is 1. The summed E-state index contributed by atoms with van der Waals surface area (Å²) in [6.45, 7) is 4.98. The van der Waals surface area contributed by atoms with Crippen LogP contribution in [0.3, 0.4) is 0 Å². The Balaban J connectivity index is 3.14. The van der Waals surface area contributed by atoms with Crippen molar-refractivity contribution in [3.63, 3.8) is 0 Å². The number of ether oxygens (including phenoxy) is 1. The average molecular weight is 240 g/mol. The number of aromatic carboxylic acids is 1. The fraction of sp³-hybridized carbons (Fsp3) is 0.333. The van der Waals surface area contributed by atoms with Crippen molar-refractivity contribution in [1.82, 2.24) is 0 Å². The van der Waals surface area contributed by atoms with E-state index in [0.717, 1.165) is 18.2 Å². The average Bonchev–Trinajstić information content (AvgIpc) is 2.14. The summed E-state index contributed by atoms with van der Waals surface area (Å²) in [5, 5.41) is 8.86. The molecule has 0 radical (unpaired) electrons. The second kappa shape index (κ2) is 4.53. The predicted octanol–water partition coefficient (Wildman–Crippen LogP) is 2.48. The van der Waals surface area contributed by atoms with Crippen molar-refractivity contribution in [2.75, 3.05) is 0 Å². The van der Waals surface area contributed by atoms with Crippen LogP contribution in [-0.2, 0) is 4.74 Å². The highest BCUT2D eigenvalue weighted by Crippen LogP contribution is 2.16. The monoisotopic (exact) mass is 240 g/mol. The van der Waals surface area contributed by atoms with Gasteiger partial charge < -0.3 is 9.84 Å². The number of carboxylic acid groups (broad SMARTS) is 1. The molecule has 1 N–H and O–H groups in total. The Morgan fingerprint density at radius 2 is 1.82 bits per heavy atom. The van der Waals surface area contributed by atoms with Crippen molar-refractivity contribution in [2.45, 2.75) is 26.4 Å². The van der Waals surface area contributed by atoms with E-state index in [1.165, 1.54) is 0 Å². The van der Waals surface area contributed by atoms with E-state index in [1.807, 2.05) is 0 Å². The maximum atomic E-state index is 12.9. The van der Waals surface area contributed by atoms with Gasteiger partial charge in [0.1, 0.15) is 11.4 Å². The predicted molar refractivity (Wildman–Crippen MR) is 58.5 cm³/mol. The molecule has 1 aromatic carbocycles. The maximum Gasteiger partial charge on any atom is 0.339 e. The molecule has 0 atom stereocenters. The van der Waals surface area contributed by atoms with Gasteiger partial charge in [-0.1, -0.05) is 0 Å². The second-order valence-electron chi connectivity index (χ2n) is 4.50. The van der Waals surface area contributed by atoms with Gasteiger partial charge in [-0.2, -0.15) is 0 Å². The number of hydrogen-bond acceptors (Lipinski definition) is 3. The van der Waals surface area contributed by atoms with Crippen LogP contribution in [0, 0.1) is 5.82 Å². The molecule has 92 valence electrons. The topological polar surface area (TPSA) is 63.6 Å². The summed E-state index contributed by atoms with van der Waals surface area (Å²) >= 11 is 0. The molecule has 0 bridgehead atoms. The van der Waals surface area contributed by atoms with E-state index in [9.17, 15) is 14.0 Å². The lowest BCUT2D eigenvalue weighted by Gasteiger charge is -2.20. The molecule has 0 amide bonds. The lowest BCUT2D eigenvalue weighted by atomic mass is 10.1. The fourth-order valence-electron chi connectivity index (χ4n) is 1.20. The highest BCUT2D eigenvalue weighted by molar-refractivity contribution is 6.02. The number of carbonyl (C=O) groups is 2. The van der Waals surface area contributed by atoms with Gasteiger partial charge in [0.15, 0.2) is 0 Å². The van der Waals surface area contributed by atoms with Crippen LogP contribution in [0.15, 0.2) is 18.2 Å². The molecule has 0 fully saturated rings. The van der Waals surface area contributed by atoms with Crippen molar-refractivity contribution in [2.24, 2.45) is 0 Å². The summed E-state index contributed by atoms with van der Waals surface area (Å²) in [6.07, 6.45) is 0. The molecular weight excluding hydrogens is 227 g/mol. The minimum Gasteiger partial charge on any atom is -0.478 e. The molecule has 0 aliphatic carbocycles. The normalized spacial score (nSPS) is 11.1. The largest absolute Gasteiger partial charge is 0.478 e. The van der Waals surface area contributed by atoms with Gasteiger partial charge in [0, 0.05) is 0 Å². The van der Waals surface area contributed by atoms with Crippen LogP contribution in [-0.4, -0.2) is 22.6 Å². The number of benzene rings is 1. The van der Waals surface area contributed by atoms with E-state index < -0.39 is 28.9 Å². The summed E-state index contributed by atoms with van der Waals surface area (Å²) in [4.78, 5) is 22.6. The van der Waals surface area contributed by atoms with Crippen LogP contribution in [0.25, 0.3) is 0 Å². The zero-order valence-corrected chi connectivity index (χ0v) is 9.78. The Labute approximate surface area is 98.0 Å². The third-order valence-corrected chi connectivity index (χ3v) is 1.83. The van der Waals surface area contributed by atoms with Gasteiger partial charge in [-0.3, -0.25) is 0 Å². The molecule has 0 spiro atoms. The highest BCUT2D eigenvalue weighted by Gasteiger charge is 2.23. The van der Waals surface area contributed by atoms with Crippen molar-refractivity contribution in [1.29, 1.82) is 0 Å². The molecule has 0 saturated carbocycles. The standard InChI is InChI=1S/C12H13FO4/c1-12(2,3)17-11(16)8-5-4-7(13)6-9(8)10(14)15/h4-6H,1-3H3,(H,14,15). The van der Waals surface area contributed by atoms with Gasteiger partial charge in [-0.05, 0) is 39.0 Å². The van der Waals surface area contributed by atoms with Gasteiger partial charge >= 0.3 is 11.9 Å². The summed E-state index contributed by atoms with van der Waals surface area (Å²) in [7, 11) is 0. The molecule has 1 rings (SSSR count). The van der Waals surface area contributed by atoms with E-state index in [0.29, 0.717) is 0 Å². The van der Waals surface area contributed by atoms with Crippen LogP contribution < -0.4 is 0 Å². The van der Waals surface area contributed by atoms with E-state index in [1.54, 1.807) is 20.8 Å². The zero-order valence-electron chi connectivity index (χ0n) is 9.78. The Morgan fingerprint density at radius 3 is 2.29 bits per heavy atom. The SMILES string of the molecule is CC(C)(C)OC(=O)c1ccc(F)cc1C(=O)O. The highest BCUT2D eigenvalue weighted by atomic mass is 19.1. The lowest BCUT2D eigenvalue weighted by Crippen LogP contribution is -2.25. The molecule has 0 aliphatic rings. The van der Waals surface area contributed by atoms with Gasteiger partial charge in [0.05, 0.1) is 11.1 Å². The first kappa shape index (κ1) is 13.2. The molecule has 0 heterocycles. The van der Waals surface area contributed by atoms with Crippen LogP contribution in [0.4, 0.5) is 4.39 Å². The fourth-order valence-corrected chi connectivity index (χ4v) is 1.20. The molecule has 0 saturated heterocycles. The van der Waals surface area contributed by atoms with Gasteiger partial charge in [0.2, 0.25) is 0 Å². The van der Waals surface area contributed by atoms with E-state index in [-0.39, 0.29) is 5.56 Å². The minimum atomic E-state index is -1.37. The number of hydrogen-bond donors (Lipinski definition) is 1. The minimum absolute atomic E-state index is 0.158. The van der Waals surface area contributed by atoms with Crippen molar-refractivity contribution in [3.05, 3.63) is 35.1 Å². The zero-order chi connectivity index (χ0) is 13.2. The van der Waals surface area contributed by atoms with Gasteiger partial charge in [0.25, 0.3) is 0 Å². The maximum absolute atomic E-state index is 12.9. The van der Waals surface area contributed by atoms with Crippen LogP contribution in [0.5, 0.6) is 0 Å². The molecule has 0 unspecified atom stereocenters. The van der Waals surface area contributed by atoms with Gasteiger partial charge in [-0.15, -0.1) is 0 Å². The van der Waals surface area contributed by atoms with Crippen molar-refractivity contribution in [3.8, 4) is 0 Å². The molecule has 17 heavy (non-hydrogen) atoms. The third-order valence-electron chi connectivity index (χ3n) is 1.83. The quantitative estimate of drug-likeness (QED) is 0.806. The Hall–Kier alpha value is -1.91.